The van der Waals surface area contributed by atoms with Crippen molar-refractivity contribution in [3.8, 4) is 0 Å². The Morgan fingerprint density at radius 2 is 1.04 bits per heavy atom. The maximum Gasteiger partial charge on any atom is 0.319 e. The van der Waals surface area contributed by atoms with E-state index >= 15 is 0 Å². The lowest BCUT2D eigenvalue weighted by atomic mass is 9.48. The Bertz CT molecular complexity index is 665. The highest BCUT2D eigenvalue weighted by Gasteiger charge is 2.71. The molecule has 2 rings (SSSR count). The number of ether oxygens (including phenoxy) is 4. The van der Waals surface area contributed by atoms with Gasteiger partial charge in [0, 0.05) is 0 Å². The minimum atomic E-state index is -2.05. The first kappa shape index (κ1) is 20.5. The Balaban J connectivity index is 2.75. The van der Waals surface area contributed by atoms with Crippen LogP contribution in [0.3, 0.4) is 0 Å². The van der Waals surface area contributed by atoms with Crippen molar-refractivity contribution < 1.29 is 47.7 Å². The van der Waals surface area contributed by atoms with Gasteiger partial charge in [-0.05, 0) is 19.3 Å². The van der Waals surface area contributed by atoms with Gasteiger partial charge in [0.15, 0.2) is 11.6 Å². The van der Waals surface area contributed by atoms with Gasteiger partial charge in [-0.1, -0.05) is 0 Å². The highest BCUT2D eigenvalue weighted by atomic mass is 16.5. The topological polar surface area (TPSA) is 139 Å². The van der Waals surface area contributed by atoms with Crippen molar-refractivity contribution in [3.63, 3.8) is 0 Å². The summed E-state index contributed by atoms with van der Waals surface area (Å²) in [4.78, 5) is 75.5. The zero-order valence-electron chi connectivity index (χ0n) is 15.4. The Morgan fingerprint density at radius 3 is 1.30 bits per heavy atom. The number of rotatable bonds is 4. The molecular formula is C17H20O10. The van der Waals surface area contributed by atoms with Crippen LogP contribution in [0.2, 0.25) is 0 Å². The first-order valence-electron chi connectivity index (χ1n) is 8.06. The molecule has 0 aromatic rings. The van der Waals surface area contributed by atoms with Crippen molar-refractivity contribution in [2.75, 3.05) is 28.4 Å². The van der Waals surface area contributed by atoms with Gasteiger partial charge in [-0.3, -0.25) is 28.8 Å². The average Bonchev–Trinajstić information content (AvgIpc) is 2.69. The van der Waals surface area contributed by atoms with Crippen molar-refractivity contribution in [1.82, 2.24) is 0 Å². The zero-order chi connectivity index (χ0) is 20.6. The molecule has 2 aliphatic carbocycles. The Hall–Kier alpha value is -2.78. The molecule has 2 fully saturated rings. The van der Waals surface area contributed by atoms with E-state index in [2.05, 4.69) is 9.47 Å². The van der Waals surface area contributed by atoms with Gasteiger partial charge in [0.25, 0.3) is 0 Å². The van der Waals surface area contributed by atoms with Gasteiger partial charge in [-0.25, -0.2) is 0 Å². The van der Waals surface area contributed by atoms with E-state index in [-0.39, 0.29) is 0 Å². The third-order valence-corrected chi connectivity index (χ3v) is 5.41. The molecule has 2 unspecified atom stereocenters. The molecule has 148 valence electrons. The van der Waals surface area contributed by atoms with Crippen molar-refractivity contribution in [1.29, 1.82) is 0 Å². The highest BCUT2D eigenvalue weighted by Crippen LogP contribution is 2.57. The van der Waals surface area contributed by atoms with Crippen LogP contribution in [0.1, 0.15) is 19.3 Å². The van der Waals surface area contributed by atoms with Gasteiger partial charge in [-0.2, -0.15) is 0 Å². The molecule has 0 aliphatic heterocycles. The average molecular weight is 384 g/mol. The maximum atomic E-state index is 13.1. The van der Waals surface area contributed by atoms with Crippen molar-refractivity contribution in [2.24, 2.45) is 22.7 Å². The number of methoxy groups -OCH3 is 4. The fraction of sp³-hybridized carbons (Fsp3) is 0.647. The molecule has 0 amide bonds. The smallest absolute Gasteiger partial charge is 0.319 e. The summed E-state index contributed by atoms with van der Waals surface area (Å²) in [5.74, 6) is -8.90. The molecule has 0 spiro atoms. The Morgan fingerprint density at radius 1 is 0.704 bits per heavy atom. The molecule has 10 heteroatoms. The molecule has 2 saturated carbocycles. The fourth-order valence-electron chi connectivity index (χ4n) is 4.15. The number of fused-ring (bicyclic) bond motifs is 2. The van der Waals surface area contributed by atoms with Crippen LogP contribution in [-0.4, -0.2) is 63.9 Å². The standard InChI is InChI=1S/C17H20O10/c1-24-12(20)8-5-16(14(22)26-3)7-17(10(8)18,15(23)27-4)6-9(11(16)19)13(21)25-2/h8-9H,5-7H2,1-4H3/t8?,9?,16-,17-/m1/s1. The van der Waals surface area contributed by atoms with Crippen molar-refractivity contribution in [2.45, 2.75) is 19.3 Å². The lowest BCUT2D eigenvalue weighted by Crippen LogP contribution is -2.65. The number of esters is 4. The molecule has 0 saturated heterocycles. The first-order valence-corrected chi connectivity index (χ1v) is 8.06. The van der Waals surface area contributed by atoms with E-state index in [9.17, 15) is 28.8 Å². The lowest BCUT2D eigenvalue weighted by molar-refractivity contribution is -0.188. The highest BCUT2D eigenvalue weighted by molar-refractivity contribution is 6.21. The monoisotopic (exact) mass is 384 g/mol. The molecule has 0 radical (unpaired) electrons. The number of carbonyl (C=O) groups is 6. The minimum absolute atomic E-state index is 0.544. The van der Waals surface area contributed by atoms with Crippen LogP contribution in [0.5, 0.6) is 0 Å². The van der Waals surface area contributed by atoms with Gasteiger partial charge in [0.2, 0.25) is 0 Å². The number of hydrogen-bond donors (Lipinski definition) is 0. The third-order valence-electron chi connectivity index (χ3n) is 5.41. The molecule has 0 N–H and O–H groups in total. The van der Waals surface area contributed by atoms with Gasteiger partial charge >= 0.3 is 23.9 Å². The number of Topliss-reactive ketones (excluding diaryl/α,β-unsaturated/α-hetero) is 2. The summed E-state index contributed by atoms with van der Waals surface area (Å²) in [5, 5.41) is 0. The first-order chi connectivity index (χ1) is 12.6. The van der Waals surface area contributed by atoms with Crippen LogP contribution in [0, 0.1) is 22.7 Å². The second-order valence-electron chi connectivity index (χ2n) is 6.61. The van der Waals surface area contributed by atoms with Crippen LogP contribution in [0.25, 0.3) is 0 Å². The summed E-state index contributed by atoms with van der Waals surface area (Å²) in [6.45, 7) is 0. The summed E-state index contributed by atoms with van der Waals surface area (Å²) in [6, 6.07) is 0. The maximum absolute atomic E-state index is 13.1. The summed E-state index contributed by atoms with van der Waals surface area (Å²) >= 11 is 0. The summed E-state index contributed by atoms with van der Waals surface area (Å²) < 4.78 is 18.7. The van der Waals surface area contributed by atoms with Gasteiger partial charge in [0.1, 0.15) is 22.7 Å². The van der Waals surface area contributed by atoms with Gasteiger partial charge < -0.3 is 18.9 Å². The van der Waals surface area contributed by atoms with E-state index in [1.165, 1.54) is 0 Å². The molecule has 27 heavy (non-hydrogen) atoms. The number of ketones is 2. The van der Waals surface area contributed by atoms with E-state index < -0.39 is 77.4 Å². The molecule has 0 aromatic carbocycles. The van der Waals surface area contributed by atoms with E-state index in [0.29, 0.717) is 0 Å². The van der Waals surface area contributed by atoms with Crippen LogP contribution in [0.4, 0.5) is 0 Å². The summed E-state index contributed by atoms with van der Waals surface area (Å²) in [5.41, 5.74) is -4.10. The molecule has 10 nitrogen and oxygen atoms in total. The predicted octanol–water partition coefficient (Wildman–Crippen LogP) is -0.781. The van der Waals surface area contributed by atoms with Crippen LogP contribution < -0.4 is 0 Å². The van der Waals surface area contributed by atoms with Crippen molar-refractivity contribution >= 4 is 35.4 Å². The number of hydrogen-bond acceptors (Lipinski definition) is 10. The van der Waals surface area contributed by atoms with Gasteiger partial charge in [0.05, 0.1) is 28.4 Å². The molecule has 4 atom stereocenters. The van der Waals surface area contributed by atoms with E-state index in [1.54, 1.807) is 0 Å². The summed E-state index contributed by atoms with van der Waals surface area (Å²) in [6.07, 6.45) is -1.66. The van der Waals surface area contributed by atoms with Crippen LogP contribution >= 0.6 is 0 Å². The zero-order valence-corrected chi connectivity index (χ0v) is 15.4. The molecule has 0 heterocycles. The lowest BCUT2D eigenvalue weighted by Gasteiger charge is -2.50. The second kappa shape index (κ2) is 7.09. The quantitative estimate of drug-likeness (QED) is 0.344. The summed E-state index contributed by atoms with van der Waals surface area (Å²) in [7, 11) is 4.12. The fourth-order valence-corrected chi connectivity index (χ4v) is 4.15. The second-order valence-corrected chi connectivity index (χ2v) is 6.61. The SMILES string of the molecule is COC(=O)C1C[C@@]2(C(=O)OC)C[C@](C(=O)OC)(CC(C(=O)OC)C2=O)C1=O. The minimum Gasteiger partial charge on any atom is -0.468 e. The molecule has 2 aliphatic rings. The van der Waals surface area contributed by atoms with Gasteiger partial charge in [-0.15, -0.1) is 0 Å². The third kappa shape index (κ3) is 2.79. The molecule has 2 bridgehead atoms. The Labute approximate surface area is 154 Å². The van der Waals surface area contributed by atoms with Crippen LogP contribution in [0.15, 0.2) is 0 Å². The predicted molar refractivity (Wildman–Crippen MR) is 83.8 cm³/mol. The molecule has 0 aromatic heterocycles. The van der Waals surface area contributed by atoms with E-state index in [1.807, 2.05) is 0 Å². The normalized spacial score (nSPS) is 32.3. The van der Waals surface area contributed by atoms with E-state index in [0.717, 1.165) is 28.4 Å². The van der Waals surface area contributed by atoms with E-state index in [4.69, 9.17) is 9.47 Å². The molecular weight excluding hydrogens is 364 g/mol. The van der Waals surface area contributed by atoms with Crippen molar-refractivity contribution in [3.05, 3.63) is 0 Å². The number of carbonyl (C=O) groups excluding carboxylic acids is 6. The Kier molecular flexibility index (Phi) is 5.39. The van der Waals surface area contributed by atoms with Crippen LogP contribution in [-0.2, 0) is 47.7 Å². The largest absolute Gasteiger partial charge is 0.468 e.